The molecule has 106 valence electrons. The van der Waals surface area contributed by atoms with Crippen molar-refractivity contribution in [3.63, 3.8) is 0 Å². The number of fused-ring (bicyclic) bond motifs is 1. The van der Waals surface area contributed by atoms with Crippen LogP contribution in [0.2, 0.25) is 0 Å². The Morgan fingerprint density at radius 1 is 1.14 bits per heavy atom. The summed E-state index contributed by atoms with van der Waals surface area (Å²) in [6.45, 7) is 2.48. The van der Waals surface area contributed by atoms with Gasteiger partial charge in [0.25, 0.3) is 0 Å². The molecule has 3 nitrogen and oxygen atoms in total. The van der Waals surface area contributed by atoms with E-state index in [2.05, 4.69) is 10.3 Å². The molecule has 1 heterocycles. The van der Waals surface area contributed by atoms with Crippen LogP contribution in [0, 0.1) is 12.7 Å². The van der Waals surface area contributed by atoms with Crippen LogP contribution in [0.1, 0.15) is 11.1 Å². The first kappa shape index (κ1) is 13.4. The highest BCUT2D eigenvalue weighted by molar-refractivity contribution is 5.82. The van der Waals surface area contributed by atoms with Gasteiger partial charge in [0.05, 0.1) is 5.52 Å². The van der Waals surface area contributed by atoms with Gasteiger partial charge in [-0.05, 0) is 36.2 Å². The number of hydrogen-bond acceptors (Lipinski definition) is 2. The summed E-state index contributed by atoms with van der Waals surface area (Å²) in [6.07, 6.45) is 0. The lowest BCUT2D eigenvalue weighted by molar-refractivity contribution is 0.636. The van der Waals surface area contributed by atoms with Crippen molar-refractivity contribution in [2.75, 3.05) is 5.32 Å². The lowest BCUT2D eigenvalue weighted by Crippen LogP contribution is -2.10. The van der Waals surface area contributed by atoms with Crippen LogP contribution in [0.15, 0.2) is 53.3 Å². The van der Waals surface area contributed by atoms with Crippen LogP contribution in [0.5, 0.6) is 0 Å². The molecule has 2 aromatic carbocycles. The minimum Gasteiger partial charge on any atom is -0.381 e. The molecule has 0 saturated carbocycles. The van der Waals surface area contributed by atoms with Gasteiger partial charge in [0.15, 0.2) is 0 Å². The van der Waals surface area contributed by atoms with Gasteiger partial charge in [-0.1, -0.05) is 24.3 Å². The summed E-state index contributed by atoms with van der Waals surface area (Å²) < 4.78 is 13.8. The molecule has 0 atom stereocenters. The zero-order valence-corrected chi connectivity index (χ0v) is 11.6. The van der Waals surface area contributed by atoms with Crippen LogP contribution in [-0.2, 0) is 6.54 Å². The Kier molecular flexibility index (Phi) is 3.44. The zero-order chi connectivity index (χ0) is 14.8. The Hall–Kier alpha value is -2.62. The lowest BCUT2D eigenvalue weighted by atomic mass is 10.1. The molecule has 0 amide bonds. The second-order valence-electron chi connectivity index (χ2n) is 5.04. The summed E-state index contributed by atoms with van der Waals surface area (Å²) in [7, 11) is 0. The molecule has 3 rings (SSSR count). The number of anilines is 1. The van der Waals surface area contributed by atoms with Gasteiger partial charge in [0.1, 0.15) is 5.82 Å². The van der Waals surface area contributed by atoms with E-state index in [0.717, 1.165) is 22.2 Å². The van der Waals surface area contributed by atoms with Crippen molar-refractivity contribution in [2.45, 2.75) is 13.5 Å². The third kappa shape index (κ3) is 2.79. The number of aromatic nitrogens is 1. The Morgan fingerprint density at radius 3 is 2.76 bits per heavy atom. The van der Waals surface area contributed by atoms with E-state index in [1.807, 2.05) is 37.3 Å². The van der Waals surface area contributed by atoms with Gasteiger partial charge in [-0.25, -0.2) is 4.39 Å². The van der Waals surface area contributed by atoms with Crippen molar-refractivity contribution in [1.29, 1.82) is 0 Å². The fraction of sp³-hybridized carbons (Fsp3) is 0.118. The molecular weight excluding hydrogens is 267 g/mol. The van der Waals surface area contributed by atoms with Gasteiger partial charge in [0, 0.05) is 23.7 Å². The number of hydrogen-bond donors (Lipinski definition) is 2. The number of rotatable bonds is 3. The lowest BCUT2D eigenvalue weighted by Gasteiger charge is -2.10. The van der Waals surface area contributed by atoms with Crippen LogP contribution in [0.4, 0.5) is 10.1 Å². The highest BCUT2D eigenvalue weighted by Gasteiger charge is 2.07. The van der Waals surface area contributed by atoms with E-state index in [1.54, 1.807) is 6.07 Å². The van der Waals surface area contributed by atoms with Crippen LogP contribution < -0.4 is 10.9 Å². The predicted molar refractivity (Wildman–Crippen MR) is 83.0 cm³/mol. The average molecular weight is 282 g/mol. The number of halogens is 1. The number of benzene rings is 2. The number of aryl methyl sites for hydroxylation is 1. The smallest absolute Gasteiger partial charge is 0.248 e. The molecule has 0 spiro atoms. The summed E-state index contributed by atoms with van der Waals surface area (Å²) in [5, 5.41) is 3.98. The molecule has 0 aliphatic heterocycles. The van der Waals surface area contributed by atoms with Gasteiger partial charge in [-0.15, -0.1) is 0 Å². The normalized spacial score (nSPS) is 10.8. The maximum atomic E-state index is 13.8. The number of aromatic amines is 1. The minimum atomic E-state index is -0.415. The molecule has 0 fully saturated rings. The summed E-state index contributed by atoms with van der Waals surface area (Å²) in [4.78, 5) is 14.2. The van der Waals surface area contributed by atoms with Gasteiger partial charge >= 0.3 is 0 Å². The topological polar surface area (TPSA) is 44.9 Å². The molecule has 0 radical (unpaired) electrons. The molecule has 0 unspecified atom stereocenters. The van der Waals surface area contributed by atoms with E-state index in [0.29, 0.717) is 6.54 Å². The molecule has 1 aromatic heterocycles. The molecule has 0 saturated heterocycles. The third-order valence-electron chi connectivity index (χ3n) is 3.41. The Labute approximate surface area is 121 Å². The second kappa shape index (κ2) is 5.40. The summed E-state index contributed by atoms with van der Waals surface area (Å²) in [6, 6.07) is 14.3. The van der Waals surface area contributed by atoms with Crippen molar-refractivity contribution in [1.82, 2.24) is 4.98 Å². The second-order valence-corrected chi connectivity index (χ2v) is 5.04. The number of nitrogens with one attached hydrogen (secondary N) is 2. The molecule has 0 bridgehead atoms. The Bertz CT molecular complexity index is 855. The average Bonchev–Trinajstić information content (AvgIpc) is 2.46. The van der Waals surface area contributed by atoms with Crippen molar-refractivity contribution >= 4 is 16.6 Å². The van der Waals surface area contributed by atoms with E-state index < -0.39 is 5.82 Å². The summed E-state index contributed by atoms with van der Waals surface area (Å²) in [5.74, 6) is -0.415. The Balaban J connectivity index is 1.97. The highest BCUT2D eigenvalue weighted by atomic mass is 19.1. The molecule has 2 N–H and O–H groups in total. The number of pyridine rings is 1. The maximum Gasteiger partial charge on any atom is 0.248 e. The molecule has 0 aliphatic rings. The SMILES string of the molecule is Cc1cccc(NCc2cc(=O)[nH]c3c(F)cccc23)c1. The fourth-order valence-electron chi connectivity index (χ4n) is 2.41. The largest absolute Gasteiger partial charge is 0.381 e. The monoisotopic (exact) mass is 282 g/mol. The fourth-order valence-corrected chi connectivity index (χ4v) is 2.41. The Morgan fingerprint density at radius 2 is 1.95 bits per heavy atom. The number of H-pyrrole nitrogens is 1. The van der Waals surface area contributed by atoms with Crippen molar-refractivity contribution in [3.8, 4) is 0 Å². The third-order valence-corrected chi connectivity index (χ3v) is 3.41. The first-order valence-corrected chi connectivity index (χ1v) is 6.74. The van der Waals surface area contributed by atoms with Crippen molar-refractivity contribution in [3.05, 3.63) is 75.8 Å². The first-order chi connectivity index (χ1) is 10.1. The number of para-hydroxylation sites is 1. The van der Waals surface area contributed by atoms with E-state index in [1.165, 1.54) is 12.1 Å². The molecule has 3 aromatic rings. The van der Waals surface area contributed by atoms with E-state index in [-0.39, 0.29) is 11.1 Å². The predicted octanol–water partition coefficient (Wildman–Crippen LogP) is 3.59. The molecule has 21 heavy (non-hydrogen) atoms. The standard InChI is InChI=1S/C17H15FN2O/c1-11-4-2-5-13(8-11)19-10-12-9-16(21)20-17-14(12)6-3-7-15(17)18/h2-9,19H,10H2,1H3,(H,20,21). The van der Waals surface area contributed by atoms with E-state index >= 15 is 0 Å². The van der Waals surface area contributed by atoms with Gasteiger partial charge in [-0.2, -0.15) is 0 Å². The van der Waals surface area contributed by atoms with Gasteiger partial charge in [-0.3, -0.25) is 4.79 Å². The maximum absolute atomic E-state index is 13.8. The first-order valence-electron chi connectivity index (χ1n) is 6.74. The van der Waals surface area contributed by atoms with Crippen LogP contribution >= 0.6 is 0 Å². The van der Waals surface area contributed by atoms with Gasteiger partial charge in [0.2, 0.25) is 5.56 Å². The van der Waals surface area contributed by atoms with Crippen LogP contribution in [0.3, 0.4) is 0 Å². The van der Waals surface area contributed by atoms with Crippen LogP contribution in [0.25, 0.3) is 10.9 Å². The van der Waals surface area contributed by atoms with Gasteiger partial charge < -0.3 is 10.3 Å². The zero-order valence-electron chi connectivity index (χ0n) is 11.6. The van der Waals surface area contributed by atoms with E-state index in [9.17, 15) is 9.18 Å². The molecule has 0 aliphatic carbocycles. The summed E-state index contributed by atoms with van der Waals surface area (Å²) in [5.41, 5.74) is 2.86. The molecule has 4 heteroatoms. The van der Waals surface area contributed by atoms with Crippen LogP contribution in [-0.4, -0.2) is 4.98 Å². The molecular formula is C17H15FN2O. The highest BCUT2D eigenvalue weighted by Crippen LogP contribution is 2.19. The van der Waals surface area contributed by atoms with Crippen molar-refractivity contribution < 1.29 is 4.39 Å². The van der Waals surface area contributed by atoms with Crippen molar-refractivity contribution in [2.24, 2.45) is 0 Å². The minimum absolute atomic E-state index is 0.256. The quantitative estimate of drug-likeness (QED) is 0.771. The van der Waals surface area contributed by atoms with E-state index in [4.69, 9.17) is 0 Å². The summed E-state index contributed by atoms with van der Waals surface area (Å²) >= 11 is 0.